The van der Waals surface area contributed by atoms with Crippen LogP contribution in [0.1, 0.15) is 57.0 Å². The van der Waals surface area contributed by atoms with Crippen molar-refractivity contribution in [3.8, 4) is 0 Å². The van der Waals surface area contributed by atoms with Crippen LogP contribution in [0.4, 0.5) is 16.0 Å². The molecule has 0 aromatic carbocycles. The lowest BCUT2D eigenvalue weighted by molar-refractivity contribution is -0.148. The number of carbonyl (C=O) groups excluding carboxylic acids is 1. The molecule has 14 heteroatoms. The van der Waals surface area contributed by atoms with Crippen LogP contribution in [0.25, 0.3) is 11.0 Å². The molecule has 1 aliphatic rings. The van der Waals surface area contributed by atoms with E-state index in [1.807, 2.05) is 33.9 Å². The molecule has 3 N–H and O–H groups in total. The van der Waals surface area contributed by atoms with Crippen molar-refractivity contribution in [3.63, 3.8) is 0 Å². The molecule has 226 valence electrons. The molecule has 1 saturated carbocycles. The minimum atomic E-state index is -0.975. The van der Waals surface area contributed by atoms with E-state index in [1.54, 1.807) is 24.2 Å². The molecular weight excluding hydrogens is 553 g/mol. The van der Waals surface area contributed by atoms with Gasteiger partial charge in [0.05, 0.1) is 24.0 Å². The van der Waals surface area contributed by atoms with Crippen molar-refractivity contribution < 1.29 is 13.9 Å². The fourth-order valence-corrected chi connectivity index (χ4v) is 5.14. The Kier molecular flexibility index (Phi) is 8.48. The van der Waals surface area contributed by atoms with Crippen molar-refractivity contribution in [2.45, 2.75) is 64.0 Å². The number of carbonyl (C=O) groups is 1. The molecule has 5 rings (SSSR count). The van der Waals surface area contributed by atoms with E-state index in [0.29, 0.717) is 49.0 Å². The second-order valence-corrected chi connectivity index (χ2v) is 10.8. The molecule has 0 unspecified atom stereocenters. The summed E-state index contributed by atoms with van der Waals surface area (Å²) >= 11 is 0. The van der Waals surface area contributed by atoms with Gasteiger partial charge in [-0.3, -0.25) is 14.6 Å². The summed E-state index contributed by atoms with van der Waals surface area (Å²) in [6.45, 7) is 9.38. The van der Waals surface area contributed by atoms with Crippen LogP contribution in [0.15, 0.2) is 54.1 Å². The molecule has 0 saturated heterocycles. The number of amides is 1. The maximum Gasteiger partial charge on any atom is 0.252 e. The first kappa shape index (κ1) is 29.8. The summed E-state index contributed by atoms with van der Waals surface area (Å²) in [6.07, 6.45) is 9.48. The average molecular weight is 590 g/mol. The molecule has 43 heavy (non-hydrogen) atoms. The Hall–Kier alpha value is -4.72. The maximum atomic E-state index is 13.5. The quantitative estimate of drug-likeness (QED) is 0.195. The SMILES string of the molecule is C=CC(=N/C=C(\C)[C@H](C)NC(=O)C1(OC)CCC(c2nc(Nc3cc(C)[nH]n3)c3cnn(C)c3n2)CC1)n1cc(F)cn1. The Morgan fingerprint density at radius 2 is 2.07 bits per heavy atom. The summed E-state index contributed by atoms with van der Waals surface area (Å²) in [5, 5.41) is 22.7. The summed E-state index contributed by atoms with van der Waals surface area (Å²) in [6, 6.07) is 1.58. The number of nitrogens with zero attached hydrogens (tertiary/aromatic N) is 8. The van der Waals surface area contributed by atoms with Gasteiger partial charge in [0.25, 0.3) is 5.91 Å². The Labute approximate surface area is 248 Å². The van der Waals surface area contributed by atoms with E-state index >= 15 is 0 Å². The van der Waals surface area contributed by atoms with E-state index < -0.39 is 11.4 Å². The van der Waals surface area contributed by atoms with Crippen LogP contribution in [-0.4, -0.2) is 70.2 Å². The van der Waals surface area contributed by atoms with Gasteiger partial charge in [0.15, 0.2) is 23.1 Å². The van der Waals surface area contributed by atoms with Crippen molar-refractivity contribution >= 4 is 34.4 Å². The Balaban J connectivity index is 1.28. The number of methoxy groups -OCH3 is 1. The maximum absolute atomic E-state index is 13.5. The van der Waals surface area contributed by atoms with Crippen molar-refractivity contribution in [2.75, 3.05) is 12.4 Å². The predicted octanol–water partition coefficient (Wildman–Crippen LogP) is 4.06. The number of halogens is 1. The number of fused-ring (bicyclic) bond motifs is 1. The van der Waals surface area contributed by atoms with Gasteiger partial charge in [-0.1, -0.05) is 6.58 Å². The van der Waals surface area contributed by atoms with E-state index in [0.717, 1.165) is 28.5 Å². The molecule has 13 nitrogen and oxygen atoms in total. The standard InChI is InChI=1S/C29H36FN11O2/c1-7-24(41-16-21(30)14-33-41)31-13-17(2)19(4)34-28(42)29(43-6)10-8-20(9-11-29)25-36-26(35-23-12-18(3)38-39-23)22-15-32-40(5)27(22)37-25/h7,12-16,19-20H,1,8-11H2,2-6H3,(H,34,42)(H2,35,36,37,38,39)/b17-13+,31-24?/t19-,20?,29?/m0/s1. The predicted molar refractivity (Wildman–Crippen MR) is 160 cm³/mol. The summed E-state index contributed by atoms with van der Waals surface area (Å²) in [7, 11) is 3.42. The fraction of sp³-hybridized carbons (Fsp3) is 0.414. The van der Waals surface area contributed by atoms with Gasteiger partial charge in [0, 0.05) is 44.1 Å². The van der Waals surface area contributed by atoms with Gasteiger partial charge in [0.2, 0.25) is 0 Å². The summed E-state index contributed by atoms with van der Waals surface area (Å²) < 4.78 is 22.2. The Morgan fingerprint density at radius 1 is 1.30 bits per heavy atom. The zero-order chi connectivity index (χ0) is 30.7. The molecule has 1 aliphatic carbocycles. The van der Waals surface area contributed by atoms with Crippen LogP contribution in [0.5, 0.6) is 0 Å². The normalized spacial score (nSPS) is 20.3. The number of hydrogen-bond donors (Lipinski definition) is 3. The number of rotatable bonds is 9. The van der Waals surface area contributed by atoms with Gasteiger partial charge in [0.1, 0.15) is 17.2 Å². The largest absolute Gasteiger partial charge is 0.368 e. The third-order valence-electron chi connectivity index (χ3n) is 7.92. The number of allylic oxidation sites excluding steroid dienone is 1. The molecule has 4 aromatic heterocycles. The average Bonchev–Trinajstić information content (AvgIpc) is 3.73. The number of nitrogens with one attached hydrogen (secondary N) is 3. The number of ether oxygens (including phenoxy) is 1. The fourth-order valence-electron chi connectivity index (χ4n) is 5.14. The zero-order valence-corrected chi connectivity index (χ0v) is 24.9. The lowest BCUT2D eigenvalue weighted by atomic mass is 9.77. The van der Waals surface area contributed by atoms with E-state index in [-0.39, 0.29) is 17.9 Å². The lowest BCUT2D eigenvalue weighted by Gasteiger charge is -2.38. The van der Waals surface area contributed by atoms with Gasteiger partial charge in [-0.15, -0.1) is 0 Å². The summed E-state index contributed by atoms with van der Waals surface area (Å²) in [5.74, 6) is 1.72. The minimum Gasteiger partial charge on any atom is -0.368 e. The third kappa shape index (κ3) is 6.23. The van der Waals surface area contributed by atoms with E-state index in [9.17, 15) is 9.18 Å². The molecule has 0 radical (unpaired) electrons. The van der Waals surface area contributed by atoms with Crippen molar-refractivity contribution in [1.82, 2.24) is 45.0 Å². The molecule has 4 heterocycles. The molecule has 1 atom stereocenters. The molecule has 1 amide bonds. The van der Waals surface area contributed by atoms with Crippen LogP contribution in [0.3, 0.4) is 0 Å². The van der Waals surface area contributed by atoms with Gasteiger partial charge in [-0.25, -0.2) is 24.0 Å². The van der Waals surface area contributed by atoms with E-state index in [2.05, 4.69) is 42.6 Å². The molecule has 1 fully saturated rings. The lowest BCUT2D eigenvalue weighted by Crippen LogP contribution is -2.52. The van der Waals surface area contributed by atoms with Gasteiger partial charge in [-0.05, 0) is 58.1 Å². The van der Waals surface area contributed by atoms with E-state index in [1.165, 1.54) is 17.0 Å². The first-order valence-corrected chi connectivity index (χ1v) is 14.0. The summed E-state index contributed by atoms with van der Waals surface area (Å²) in [4.78, 5) is 27.6. The zero-order valence-electron chi connectivity index (χ0n) is 24.9. The van der Waals surface area contributed by atoms with Gasteiger partial charge < -0.3 is 15.4 Å². The second-order valence-electron chi connectivity index (χ2n) is 10.8. The first-order valence-electron chi connectivity index (χ1n) is 14.0. The molecule has 0 aliphatic heterocycles. The van der Waals surface area contributed by atoms with E-state index in [4.69, 9.17) is 14.7 Å². The Bertz CT molecular complexity index is 1690. The first-order chi connectivity index (χ1) is 20.6. The topological polar surface area (TPSA) is 153 Å². The molecule has 0 bridgehead atoms. The molecule has 0 spiro atoms. The third-order valence-corrected chi connectivity index (χ3v) is 7.92. The minimum absolute atomic E-state index is 0.0368. The second kappa shape index (κ2) is 12.3. The smallest absolute Gasteiger partial charge is 0.252 e. The van der Waals surface area contributed by atoms with Gasteiger partial charge >= 0.3 is 0 Å². The van der Waals surface area contributed by atoms with Crippen LogP contribution in [-0.2, 0) is 16.6 Å². The van der Waals surface area contributed by atoms with Crippen molar-refractivity contribution in [1.29, 1.82) is 0 Å². The monoisotopic (exact) mass is 589 g/mol. The highest BCUT2D eigenvalue weighted by atomic mass is 19.1. The van der Waals surface area contributed by atoms with Crippen LogP contribution in [0, 0.1) is 12.7 Å². The number of aromatic amines is 1. The van der Waals surface area contributed by atoms with Crippen LogP contribution in [0.2, 0.25) is 0 Å². The molecule has 4 aromatic rings. The summed E-state index contributed by atoms with van der Waals surface area (Å²) in [5.41, 5.74) is 1.47. The highest BCUT2D eigenvalue weighted by Gasteiger charge is 2.43. The number of anilines is 2. The number of aromatic nitrogens is 8. The molecular formula is C29H36FN11O2. The highest BCUT2D eigenvalue weighted by Crippen LogP contribution is 2.40. The number of aryl methyl sites for hydroxylation is 2. The highest BCUT2D eigenvalue weighted by molar-refractivity contribution is 5.94. The van der Waals surface area contributed by atoms with Crippen molar-refractivity contribution in [3.05, 3.63) is 66.4 Å². The Morgan fingerprint density at radius 3 is 2.70 bits per heavy atom. The van der Waals surface area contributed by atoms with Crippen LogP contribution < -0.4 is 10.6 Å². The number of H-pyrrole nitrogens is 1. The van der Waals surface area contributed by atoms with Gasteiger partial charge in [-0.2, -0.15) is 15.3 Å². The van der Waals surface area contributed by atoms with Crippen LogP contribution >= 0.6 is 0 Å². The number of aliphatic imine (C=N–C) groups is 1. The number of hydrogen-bond acceptors (Lipinski definition) is 9. The van der Waals surface area contributed by atoms with Crippen molar-refractivity contribution in [2.24, 2.45) is 12.0 Å².